The second-order valence-corrected chi connectivity index (χ2v) is 2.50. The van der Waals surface area contributed by atoms with E-state index in [4.69, 9.17) is 9.84 Å². The fourth-order valence-electron chi connectivity index (χ4n) is 1.04. The van der Waals surface area contributed by atoms with Crippen LogP contribution < -0.4 is 4.74 Å². The average molecular weight is 170 g/mol. The fourth-order valence-corrected chi connectivity index (χ4v) is 1.04. The van der Waals surface area contributed by atoms with Crippen molar-refractivity contribution in [3.8, 4) is 5.88 Å². The van der Waals surface area contributed by atoms with Crippen LogP contribution in [0.25, 0.3) is 0 Å². The average Bonchev–Trinajstić information content (AvgIpc) is 2.33. The summed E-state index contributed by atoms with van der Waals surface area (Å²) in [6.07, 6.45) is 0. The molecule has 0 bridgehead atoms. The number of aliphatic hydroxyl groups is 1. The van der Waals surface area contributed by atoms with Gasteiger partial charge in [0, 0.05) is 6.07 Å². The number of hydrogen-bond acceptors (Lipinski definition) is 3. The minimum absolute atomic E-state index is 0.0845. The van der Waals surface area contributed by atoms with Crippen molar-refractivity contribution >= 4 is 0 Å². The molecule has 0 unspecified atom stereocenters. The van der Waals surface area contributed by atoms with Gasteiger partial charge in [-0.15, -0.1) is 0 Å². The minimum Gasteiger partial charge on any atom is -0.478 e. The van der Waals surface area contributed by atoms with E-state index in [-0.39, 0.29) is 6.61 Å². The van der Waals surface area contributed by atoms with Gasteiger partial charge in [-0.2, -0.15) is 5.10 Å². The van der Waals surface area contributed by atoms with E-state index in [1.54, 1.807) is 4.68 Å². The van der Waals surface area contributed by atoms with E-state index in [2.05, 4.69) is 5.10 Å². The number of aliphatic hydroxyl groups excluding tert-OH is 1. The van der Waals surface area contributed by atoms with Crippen LogP contribution in [-0.2, 0) is 6.54 Å². The molecule has 68 valence electrons. The zero-order chi connectivity index (χ0) is 8.97. The van der Waals surface area contributed by atoms with Crippen LogP contribution in [0.5, 0.6) is 5.88 Å². The second kappa shape index (κ2) is 4.11. The summed E-state index contributed by atoms with van der Waals surface area (Å²) in [5, 5.41) is 12.9. The Bertz CT molecular complexity index is 222. The van der Waals surface area contributed by atoms with E-state index in [1.165, 1.54) is 0 Å². The van der Waals surface area contributed by atoms with Crippen LogP contribution in [-0.4, -0.2) is 28.1 Å². The van der Waals surface area contributed by atoms with Crippen molar-refractivity contribution in [2.75, 3.05) is 13.2 Å². The molecule has 0 aliphatic carbocycles. The third kappa shape index (κ3) is 1.98. The first-order valence-corrected chi connectivity index (χ1v) is 4.06. The third-order valence-electron chi connectivity index (χ3n) is 1.47. The molecule has 0 aliphatic heterocycles. The van der Waals surface area contributed by atoms with Gasteiger partial charge in [0.05, 0.1) is 25.5 Å². The van der Waals surface area contributed by atoms with E-state index in [0.717, 1.165) is 11.6 Å². The van der Waals surface area contributed by atoms with Crippen molar-refractivity contribution in [3.05, 3.63) is 11.8 Å². The first-order valence-electron chi connectivity index (χ1n) is 4.06. The van der Waals surface area contributed by atoms with Gasteiger partial charge in [0.15, 0.2) is 0 Å². The molecule has 1 aromatic rings. The van der Waals surface area contributed by atoms with E-state index >= 15 is 0 Å². The zero-order valence-electron chi connectivity index (χ0n) is 7.45. The van der Waals surface area contributed by atoms with Crippen LogP contribution >= 0.6 is 0 Å². The summed E-state index contributed by atoms with van der Waals surface area (Å²) in [5.41, 5.74) is 0.909. The highest BCUT2D eigenvalue weighted by atomic mass is 16.5. The van der Waals surface area contributed by atoms with Crippen molar-refractivity contribution in [2.24, 2.45) is 0 Å². The van der Waals surface area contributed by atoms with Crippen LogP contribution in [0.2, 0.25) is 0 Å². The number of aryl methyl sites for hydroxylation is 1. The number of rotatable bonds is 4. The molecule has 0 saturated carbocycles. The van der Waals surface area contributed by atoms with Crippen molar-refractivity contribution in [1.82, 2.24) is 9.78 Å². The standard InChI is InChI=1S/C8H14N2O2/c1-3-12-8-6-7(2)9-10(8)4-5-11/h6,11H,3-5H2,1-2H3. The number of nitrogens with zero attached hydrogens (tertiary/aromatic N) is 2. The molecular formula is C8H14N2O2. The maximum absolute atomic E-state index is 8.71. The SMILES string of the molecule is CCOc1cc(C)nn1CCO. The lowest BCUT2D eigenvalue weighted by Gasteiger charge is -2.04. The van der Waals surface area contributed by atoms with Gasteiger partial charge >= 0.3 is 0 Å². The lowest BCUT2D eigenvalue weighted by molar-refractivity contribution is 0.245. The maximum Gasteiger partial charge on any atom is 0.212 e. The summed E-state index contributed by atoms with van der Waals surface area (Å²) >= 11 is 0. The monoisotopic (exact) mass is 170 g/mol. The summed E-state index contributed by atoms with van der Waals surface area (Å²) in [6, 6.07) is 1.86. The normalized spacial score (nSPS) is 10.2. The van der Waals surface area contributed by atoms with E-state index in [9.17, 15) is 0 Å². The Morgan fingerprint density at radius 2 is 2.42 bits per heavy atom. The van der Waals surface area contributed by atoms with Gasteiger partial charge in [-0.3, -0.25) is 0 Å². The van der Waals surface area contributed by atoms with Crippen molar-refractivity contribution < 1.29 is 9.84 Å². The molecule has 0 aromatic carbocycles. The Kier molecular flexibility index (Phi) is 3.10. The Hall–Kier alpha value is -1.03. The Balaban J connectivity index is 2.76. The largest absolute Gasteiger partial charge is 0.478 e. The van der Waals surface area contributed by atoms with Gasteiger partial charge in [0.1, 0.15) is 0 Å². The molecule has 1 N–H and O–H groups in total. The lowest BCUT2D eigenvalue weighted by atomic mass is 10.5. The van der Waals surface area contributed by atoms with Crippen molar-refractivity contribution in [1.29, 1.82) is 0 Å². The predicted octanol–water partition coefficient (Wildman–Crippen LogP) is 0.583. The molecule has 0 fully saturated rings. The molecule has 1 aromatic heterocycles. The van der Waals surface area contributed by atoms with Crippen molar-refractivity contribution in [2.45, 2.75) is 20.4 Å². The molecule has 0 aliphatic rings. The van der Waals surface area contributed by atoms with Gasteiger partial charge in [-0.05, 0) is 13.8 Å². The van der Waals surface area contributed by atoms with Crippen LogP contribution in [0, 0.1) is 6.92 Å². The smallest absolute Gasteiger partial charge is 0.212 e. The molecule has 1 rings (SSSR count). The highest BCUT2D eigenvalue weighted by Crippen LogP contribution is 2.12. The molecule has 4 nitrogen and oxygen atoms in total. The summed E-state index contributed by atoms with van der Waals surface area (Å²) < 4.78 is 6.97. The Morgan fingerprint density at radius 1 is 1.67 bits per heavy atom. The minimum atomic E-state index is 0.0845. The Labute approximate surface area is 71.8 Å². The molecule has 1 heterocycles. The first kappa shape index (κ1) is 9.06. The molecular weight excluding hydrogens is 156 g/mol. The van der Waals surface area contributed by atoms with Crippen LogP contribution in [0.15, 0.2) is 6.07 Å². The molecule has 0 radical (unpaired) electrons. The highest BCUT2D eigenvalue weighted by Gasteiger charge is 2.04. The van der Waals surface area contributed by atoms with E-state index in [0.29, 0.717) is 13.2 Å². The maximum atomic E-state index is 8.71. The number of hydrogen-bond donors (Lipinski definition) is 1. The highest BCUT2D eigenvalue weighted by molar-refractivity contribution is 5.14. The van der Waals surface area contributed by atoms with E-state index in [1.807, 2.05) is 19.9 Å². The molecule has 12 heavy (non-hydrogen) atoms. The summed E-state index contributed by atoms with van der Waals surface area (Å²) in [5.74, 6) is 0.726. The molecule has 4 heteroatoms. The lowest BCUT2D eigenvalue weighted by Crippen LogP contribution is -2.07. The topological polar surface area (TPSA) is 47.3 Å². The first-order chi connectivity index (χ1) is 5.77. The summed E-state index contributed by atoms with van der Waals surface area (Å²) in [7, 11) is 0. The van der Waals surface area contributed by atoms with Crippen LogP contribution in [0.4, 0.5) is 0 Å². The molecule has 0 spiro atoms. The van der Waals surface area contributed by atoms with Crippen LogP contribution in [0.3, 0.4) is 0 Å². The number of aromatic nitrogens is 2. The van der Waals surface area contributed by atoms with Gasteiger partial charge < -0.3 is 9.84 Å². The number of ether oxygens (including phenoxy) is 1. The van der Waals surface area contributed by atoms with Gasteiger partial charge in [0.2, 0.25) is 5.88 Å². The molecule has 0 saturated heterocycles. The van der Waals surface area contributed by atoms with Crippen LogP contribution in [0.1, 0.15) is 12.6 Å². The van der Waals surface area contributed by atoms with E-state index < -0.39 is 0 Å². The summed E-state index contributed by atoms with van der Waals surface area (Å²) in [6.45, 7) is 5.02. The Morgan fingerprint density at radius 3 is 3.00 bits per heavy atom. The fraction of sp³-hybridized carbons (Fsp3) is 0.625. The predicted molar refractivity (Wildman–Crippen MR) is 45.2 cm³/mol. The van der Waals surface area contributed by atoms with Crippen molar-refractivity contribution in [3.63, 3.8) is 0 Å². The second-order valence-electron chi connectivity index (χ2n) is 2.50. The van der Waals surface area contributed by atoms with Gasteiger partial charge in [-0.1, -0.05) is 0 Å². The zero-order valence-corrected chi connectivity index (χ0v) is 7.45. The third-order valence-corrected chi connectivity index (χ3v) is 1.47. The van der Waals surface area contributed by atoms with Gasteiger partial charge in [-0.25, -0.2) is 4.68 Å². The van der Waals surface area contributed by atoms with Gasteiger partial charge in [0.25, 0.3) is 0 Å². The molecule has 0 amide bonds. The molecule has 0 atom stereocenters. The summed E-state index contributed by atoms with van der Waals surface area (Å²) in [4.78, 5) is 0. The quantitative estimate of drug-likeness (QED) is 0.719.